The third kappa shape index (κ3) is 5.83. The summed E-state index contributed by atoms with van der Waals surface area (Å²) in [6, 6.07) is 3.57. The van der Waals surface area contributed by atoms with Crippen molar-refractivity contribution in [3.8, 4) is 5.75 Å². The van der Waals surface area contributed by atoms with Gasteiger partial charge in [0.15, 0.2) is 0 Å². The number of rotatable bonds is 6. The number of aromatic nitrogens is 1. The van der Waals surface area contributed by atoms with Crippen LogP contribution in [0.5, 0.6) is 5.75 Å². The minimum absolute atomic E-state index is 0.0189. The highest BCUT2D eigenvalue weighted by Gasteiger charge is 2.07. The van der Waals surface area contributed by atoms with E-state index in [1.807, 2.05) is 6.92 Å². The summed E-state index contributed by atoms with van der Waals surface area (Å²) in [5.41, 5.74) is 0. The van der Waals surface area contributed by atoms with Gasteiger partial charge in [-0.1, -0.05) is 0 Å². The summed E-state index contributed by atoms with van der Waals surface area (Å²) >= 11 is 0. The van der Waals surface area contributed by atoms with Crippen LogP contribution < -0.4 is 15.4 Å². The van der Waals surface area contributed by atoms with Crippen LogP contribution in [0.4, 0.5) is 0 Å². The second kappa shape index (κ2) is 7.26. The number of nitrogens with zero attached hydrogens (tertiary/aromatic N) is 1. The Kier molecular flexibility index (Phi) is 5.63. The van der Waals surface area contributed by atoms with Gasteiger partial charge in [0.25, 0.3) is 0 Å². The molecule has 1 heterocycles. The topological polar surface area (TPSA) is 80.3 Å². The molecule has 2 amide bonds. The van der Waals surface area contributed by atoms with Crippen molar-refractivity contribution in [2.24, 2.45) is 0 Å². The number of hydrogen-bond acceptors (Lipinski definition) is 4. The van der Waals surface area contributed by atoms with E-state index in [9.17, 15) is 9.59 Å². The molecule has 0 aliphatic carbocycles. The van der Waals surface area contributed by atoms with Crippen molar-refractivity contribution < 1.29 is 14.3 Å². The van der Waals surface area contributed by atoms with Crippen molar-refractivity contribution >= 4 is 11.8 Å². The summed E-state index contributed by atoms with van der Waals surface area (Å²) in [6.07, 6.45) is 3.10. The molecule has 6 nitrogen and oxygen atoms in total. The van der Waals surface area contributed by atoms with Crippen molar-refractivity contribution in [1.82, 2.24) is 15.6 Å². The third-order valence-corrected chi connectivity index (χ3v) is 2.06. The van der Waals surface area contributed by atoms with Gasteiger partial charge in [0.05, 0.1) is 19.3 Å². The molecule has 6 heteroatoms. The molecule has 98 valence electrons. The SMILES string of the molecule is CC(=O)NCC(=O)NC[C@H](C)Oc1cccnc1. The smallest absolute Gasteiger partial charge is 0.239 e. The van der Waals surface area contributed by atoms with E-state index in [4.69, 9.17) is 4.74 Å². The average molecular weight is 251 g/mol. The molecule has 0 fully saturated rings. The monoisotopic (exact) mass is 251 g/mol. The maximum Gasteiger partial charge on any atom is 0.239 e. The molecule has 0 saturated heterocycles. The molecule has 0 bridgehead atoms. The molecular formula is C12H17N3O3. The standard InChI is InChI=1S/C12H17N3O3/c1-9(18-11-4-3-5-13-7-11)6-15-12(17)8-14-10(2)16/h3-5,7,9H,6,8H2,1-2H3,(H,14,16)(H,15,17)/t9-/m0/s1. The lowest BCUT2D eigenvalue weighted by atomic mass is 10.3. The van der Waals surface area contributed by atoms with Crippen molar-refractivity contribution in [3.05, 3.63) is 24.5 Å². The van der Waals surface area contributed by atoms with Crippen LogP contribution in [0.25, 0.3) is 0 Å². The van der Waals surface area contributed by atoms with Crippen LogP contribution in [0, 0.1) is 0 Å². The Labute approximate surface area is 106 Å². The number of pyridine rings is 1. The molecule has 0 aliphatic heterocycles. The number of nitrogens with one attached hydrogen (secondary N) is 2. The van der Waals surface area contributed by atoms with Crippen LogP contribution in [0.1, 0.15) is 13.8 Å². The summed E-state index contributed by atoms with van der Waals surface area (Å²) in [5.74, 6) is 0.178. The normalized spacial score (nSPS) is 11.4. The highest BCUT2D eigenvalue weighted by Crippen LogP contribution is 2.08. The van der Waals surface area contributed by atoms with E-state index < -0.39 is 0 Å². The first-order valence-electron chi connectivity index (χ1n) is 5.65. The summed E-state index contributed by atoms with van der Waals surface area (Å²) < 4.78 is 5.53. The number of carbonyl (C=O) groups excluding carboxylic acids is 2. The van der Waals surface area contributed by atoms with Gasteiger partial charge in [0, 0.05) is 13.1 Å². The van der Waals surface area contributed by atoms with Gasteiger partial charge < -0.3 is 15.4 Å². The number of ether oxygens (including phenoxy) is 1. The van der Waals surface area contributed by atoms with E-state index in [1.54, 1.807) is 24.5 Å². The van der Waals surface area contributed by atoms with Gasteiger partial charge >= 0.3 is 0 Å². The van der Waals surface area contributed by atoms with Gasteiger partial charge in [0.1, 0.15) is 11.9 Å². The van der Waals surface area contributed by atoms with Gasteiger partial charge in [-0.15, -0.1) is 0 Å². The first-order chi connectivity index (χ1) is 8.58. The highest BCUT2D eigenvalue weighted by atomic mass is 16.5. The summed E-state index contributed by atoms with van der Waals surface area (Å²) in [4.78, 5) is 25.8. The van der Waals surface area contributed by atoms with Crippen molar-refractivity contribution in [2.75, 3.05) is 13.1 Å². The van der Waals surface area contributed by atoms with Crippen LogP contribution in [0.3, 0.4) is 0 Å². The van der Waals surface area contributed by atoms with E-state index in [1.165, 1.54) is 6.92 Å². The maximum atomic E-state index is 11.3. The quantitative estimate of drug-likeness (QED) is 0.751. The Morgan fingerprint density at radius 2 is 2.22 bits per heavy atom. The zero-order chi connectivity index (χ0) is 13.4. The maximum absolute atomic E-state index is 11.3. The predicted molar refractivity (Wildman–Crippen MR) is 66.0 cm³/mol. The van der Waals surface area contributed by atoms with Crippen LogP contribution >= 0.6 is 0 Å². The van der Waals surface area contributed by atoms with E-state index in [2.05, 4.69) is 15.6 Å². The van der Waals surface area contributed by atoms with Crippen LogP contribution in [0.2, 0.25) is 0 Å². The molecule has 0 radical (unpaired) electrons. The molecule has 1 atom stereocenters. The van der Waals surface area contributed by atoms with E-state index >= 15 is 0 Å². The second-order valence-corrected chi connectivity index (χ2v) is 3.83. The Balaban J connectivity index is 2.22. The summed E-state index contributed by atoms with van der Waals surface area (Å²) in [5, 5.41) is 5.08. The summed E-state index contributed by atoms with van der Waals surface area (Å²) in [7, 11) is 0. The Morgan fingerprint density at radius 1 is 1.44 bits per heavy atom. The fraction of sp³-hybridized carbons (Fsp3) is 0.417. The molecule has 0 aliphatic rings. The number of amides is 2. The van der Waals surface area contributed by atoms with Gasteiger partial charge in [0.2, 0.25) is 11.8 Å². The zero-order valence-electron chi connectivity index (χ0n) is 10.5. The highest BCUT2D eigenvalue weighted by molar-refractivity contribution is 5.83. The molecule has 1 aromatic rings. The van der Waals surface area contributed by atoms with Crippen LogP contribution in [-0.2, 0) is 9.59 Å². The average Bonchev–Trinajstić information content (AvgIpc) is 2.35. The van der Waals surface area contributed by atoms with E-state index in [-0.39, 0.29) is 24.5 Å². The third-order valence-electron chi connectivity index (χ3n) is 2.06. The molecular weight excluding hydrogens is 234 g/mol. The fourth-order valence-electron chi connectivity index (χ4n) is 1.22. The first-order valence-corrected chi connectivity index (χ1v) is 5.65. The predicted octanol–water partition coefficient (Wildman–Crippen LogP) is 0.101. The van der Waals surface area contributed by atoms with Gasteiger partial charge in [-0.25, -0.2) is 0 Å². The minimum atomic E-state index is -0.244. The molecule has 0 aromatic carbocycles. The van der Waals surface area contributed by atoms with Crippen molar-refractivity contribution in [3.63, 3.8) is 0 Å². The van der Waals surface area contributed by atoms with Crippen LogP contribution in [0.15, 0.2) is 24.5 Å². The van der Waals surface area contributed by atoms with Gasteiger partial charge in [-0.3, -0.25) is 14.6 Å². The van der Waals surface area contributed by atoms with Gasteiger partial charge in [-0.05, 0) is 19.1 Å². The van der Waals surface area contributed by atoms with Crippen LogP contribution in [-0.4, -0.2) is 36.0 Å². The molecule has 0 unspecified atom stereocenters. The Bertz CT molecular complexity index is 395. The van der Waals surface area contributed by atoms with Crippen molar-refractivity contribution in [2.45, 2.75) is 20.0 Å². The number of carbonyl (C=O) groups is 2. The molecule has 1 aromatic heterocycles. The molecule has 0 spiro atoms. The lowest BCUT2D eigenvalue weighted by Gasteiger charge is -2.15. The lowest BCUT2D eigenvalue weighted by Crippen LogP contribution is -2.40. The fourth-order valence-corrected chi connectivity index (χ4v) is 1.22. The van der Waals surface area contributed by atoms with E-state index in [0.29, 0.717) is 12.3 Å². The first kappa shape index (κ1) is 14.0. The lowest BCUT2D eigenvalue weighted by molar-refractivity contribution is -0.125. The van der Waals surface area contributed by atoms with Crippen molar-refractivity contribution in [1.29, 1.82) is 0 Å². The second-order valence-electron chi connectivity index (χ2n) is 3.83. The Morgan fingerprint density at radius 3 is 2.83 bits per heavy atom. The Hall–Kier alpha value is -2.11. The van der Waals surface area contributed by atoms with Gasteiger partial charge in [-0.2, -0.15) is 0 Å². The molecule has 18 heavy (non-hydrogen) atoms. The molecule has 2 N–H and O–H groups in total. The van der Waals surface area contributed by atoms with E-state index in [0.717, 1.165) is 0 Å². The largest absolute Gasteiger partial charge is 0.487 e. The molecule has 0 saturated carbocycles. The summed E-state index contributed by atoms with van der Waals surface area (Å²) in [6.45, 7) is 3.55. The molecule has 1 rings (SSSR count). The number of hydrogen-bond donors (Lipinski definition) is 2. The minimum Gasteiger partial charge on any atom is -0.487 e. The zero-order valence-corrected chi connectivity index (χ0v) is 10.5.